The number of hydrogen-bond donors (Lipinski definition) is 4. The molecule has 1 aromatic rings. The molecule has 0 amide bonds. The monoisotopic (exact) mass is 250 g/mol. The second kappa shape index (κ2) is 5.39. The van der Waals surface area contributed by atoms with Crippen molar-refractivity contribution in [3.63, 3.8) is 0 Å². The van der Waals surface area contributed by atoms with Gasteiger partial charge in [-0.25, -0.2) is 5.84 Å². The summed E-state index contributed by atoms with van der Waals surface area (Å²) in [5.74, 6) is 8.29. The molecule has 6 heteroatoms. The van der Waals surface area contributed by atoms with Gasteiger partial charge in [0.1, 0.15) is 11.6 Å². The highest BCUT2D eigenvalue weighted by Crippen LogP contribution is 2.30. The first-order chi connectivity index (χ1) is 8.58. The Kier molecular flexibility index (Phi) is 3.86. The highest BCUT2D eigenvalue weighted by molar-refractivity contribution is 5.50. The molecule has 1 aliphatic rings. The molecule has 0 bridgehead atoms. The topological polar surface area (TPSA) is 102 Å². The number of hydrazine groups is 1. The van der Waals surface area contributed by atoms with E-state index in [-0.39, 0.29) is 5.95 Å². The maximum Gasteiger partial charge on any atom is 0.223 e. The summed E-state index contributed by atoms with van der Waals surface area (Å²) in [6.45, 7) is 4.59. The average molecular weight is 250 g/mol. The number of nitrogen functional groups attached to an aromatic ring is 2. The van der Waals surface area contributed by atoms with Crippen LogP contribution in [-0.2, 0) is 0 Å². The lowest BCUT2D eigenvalue weighted by Gasteiger charge is -2.33. The van der Waals surface area contributed by atoms with Gasteiger partial charge in [-0.2, -0.15) is 9.97 Å². The zero-order valence-electron chi connectivity index (χ0n) is 11.0. The average Bonchev–Trinajstić information content (AvgIpc) is 2.32. The van der Waals surface area contributed by atoms with Crippen molar-refractivity contribution in [3.05, 3.63) is 6.07 Å². The summed E-state index contributed by atoms with van der Waals surface area (Å²) in [7, 11) is 0. The number of nitrogens with two attached hydrogens (primary N) is 2. The highest BCUT2D eigenvalue weighted by atomic mass is 15.3. The van der Waals surface area contributed by atoms with Gasteiger partial charge in [0.2, 0.25) is 5.95 Å². The first-order valence-electron chi connectivity index (χ1n) is 6.46. The maximum absolute atomic E-state index is 5.64. The van der Waals surface area contributed by atoms with Crippen molar-refractivity contribution in [2.24, 2.45) is 17.7 Å². The molecule has 2 rings (SSSR count). The molecule has 6 nitrogen and oxygen atoms in total. The molecule has 1 fully saturated rings. The maximum atomic E-state index is 5.64. The smallest absolute Gasteiger partial charge is 0.223 e. The van der Waals surface area contributed by atoms with Crippen molar-refractivity contribution in [2.75, 3.05) is 16.5 Å². The third-order valence-electron chi connectivity index (χ3n) is 3.66. The third kappa shape index (κ3) is 3.01. The van der Waals surface area contributed by atoms with Crippen LogP contribution in [0.5, 0.6) is 0 Å². The number of nitrogens with zero attached hydrogens (tertiary/aromatic N) is 2. The molecular weight excluding hydrogens is 228 g/mol. The van der Waals surface area contributed by atoms with E-state index < -0.39 is 0 Å². The van der Waals surface area contributed by atoms with Gasteiger partial charge in [-0.15, -0.1) is 0 Å². The zero-order valence-corrected chi connectivity index (χ0v) is 11.0. The Morgan fingerprint density at radius 3 is 2.61 bits per heavy atom. The van der Waals surface area contributed by atoms with E-state index in [1.165, 1.54) is 12.8 Å². The molecule has 100 valence electrons. The van der Waals surface area contributed by atoms with Gasteiger partial charge in [-0.05, 0) is 31.1 Å². The van der Waals surface area contributed by atoms with Crippen molar-refractivity contribution >= 4 is 17.6 Å². The zero-order chi connectivity index (χ0) is 13.1. The lowest BCUT2D eigenvalue weighted by molar-refractivity contribution is 0.276. The minimum absolute atomic E-state index is 0.227. The molecule has 1 aromatic heterocycles. The molecule has 1 saturated carbocycles. The minimum atomic E-state index is 0.227. The Balaban J connectivity index is 2.06. The number of aromatic nitrogens is 2. The Morgan fingerprint density at radius 1 is 1.22 bits per heavy atom. The van der Waals surface area contributed by atoms with E-state index in [1.807, 2.05) is 0 Å². The van der Waals surface area contributed by atoms with Gasteiger partial charge in [-0.3, -0.25) is 0 Å². The lowest BCUT2D eigenvalue weighted by Crippen LogP contribution is -2.33. The Hall–Kier alpha value is -1.56. The summed E-state index contributed by atoms with van der Waals surface area (Å²) >= 11 is 0. The standard InChI is InChI=1S/C12H22N6/c1-7-3-4-9(8(2)5-7)15-10-6-11(18-14)17-12(13)16-10/h6-9H,3-5,14H2,1-2H3,(H4,13,15,16,17,18). The molecule has 3 atom stereocenters. The molecule has 0 aromatic carbocycles. The van der Waals surface area contributed by atoms with Crippen LogP contribution in [0, 0.1) is 11.8 Å². The molecule has 18 heavy (non-hydrogen) atoms. The summed E-state index contributed by atoms with van der Waals surface area (Å²) < 4.78 is 0. The van der Waals surface area contributed by atoms with Crippen LogP contribution in [0.2, 0.25) is 0 Å². The van der Waals surface area contributed by atoms with E-state index in [0.717, 1.165) is 18.2 Å². The molecule has 0 aliphatic heterocycles. The van der Waals surface area contributed by atoms with Gasteiger partial charge in [-0.1, -0.05) is 13.8 Å². The van der Waals surface area contributed by atoms with Crippen LogP contribution < -0.4 is 22.3 Å². The molecule has 6 N–H and O–H groups in total. The minimum Gasteiger partial charge on any atom is -0.368 e. The predicted molar refractivity (Wildman–Crippen MR) is 73.8 cm³/mol. The van der Waals surface area contributed by atoms with Crippen molar-refractivity contribution in [1.82, 2.24) is 9.97 Å². The largest absolute Gasteiger partial charge is 0.368 e. The molecule has 1 heterocycles. The van der Waals surface area contributed by atoms with E-state index in [0.29, 0.717) is 17.8 Å². The molecular formula is C12H22N6. The van der Waals surface area contributed by atoms with Gasteiger partial charge < -0.3 is 16.5 Å². The number of nitrogens with one attached hydrogen (secondary N) is 2. The van der Waals surface area contributed by atoms with E-state index in [4.69, 9.17) is 11.6 Å². The van der Waals surface area contributed by atoms with E-state index in [9.17, 15) is 0 Å². The third-order valence-corrected chi connectivity index (χ3v) is 3.66. The lowest BCUT2D eigenvalue weighted by atomic mass is 9.80. The quantitative estimate of drug-likeness (QED) is 0.480. The summed E-state index contributed by atoms with van der Waals surface area (Å²) in [5, 5.41) is 3.44. The second-order valence-corrected chi connectivity index (χ2v) is 5.29. The summed E-state index contributed by atoms with van der Waals surface area (Å²) in [4.78, 5) is 8.16. The van der Waals surface area contributed by atoms with Crippen molar-refractivity contribution < 1.29 is 0 Å². The number of hydrogen-bond acceptors (Lipinski definition) is 6. The Morgan fingerprint density at radius 2 is 1.94 bits per heavy atom. The molecule has 0 radical (unpaired) electrons. The summed E-state index contributed by atoms with van der Waals surface area (Å²) in [5.41, 5.74) is 8.13. The Labute approximate surface area is 108 Å². The van der Waals surface area contributed by atoms with E-state index in [1.54, 1.807) is 6.07 Å². The second-order valence-electron chi connectivity index (χ2n) is 5.29. The van der Waals surface area contributed by atoms with Gasteiger partial charge in [0.05, 0.1) is 0 Å². The first kappa shape index (κ1) is 12.9. The van der Waals surface area contributed by atoms with Crippen molar-refractivity contribution in [1.29, 1.82) is 0 Å². The van der Waals surface area contributed by atoms with E-state index >= 15 is 0 Å². The van der Waals surface area contributed by atoms with Crippen LogP contribution in [0.3, 0.4) is 0 Å². The SMILES string of the molecule is CC1CCC(Nc2cc(NN)nc(N)n2)C(C)C1. The molecule has 1 aliphatic carbocycles. The Bertz CT molecular complexity index is 408. The fraction of sp³-hybridized carbons (Fsp3) is 0.667. The molecule has 3 unspecified atom stereocenters. The van der Waals surface area contributed by atoms with Crippen LogP contribution in [0.1, 0.15) is 33.1 Å². The van der Waals surface area contributed by atoms with Crippen LogP contribution in [0.25, 0.3) is 0 Å². The molecule has 0 saturated heterocycles. The normalized spacial score (nSPS) is 27.8. The molecule has 0 spiro atoms. The number of anilines is 3. The fourth-order valence-corrected chi connectivity index (χ4v) is 2.68. The van der Waals surface area contributed by atoms with Gasteiger partial charge >= 0.3 is 0 Å². The summed E-state index contributed by atoms with van der Waals surface area (Å²) in [6, 6.07) is 2.22. The number of rotatable bonds is 3. The summed E-state index contributed by atoms with van der Waals surface area (Å²) in [6.07, 6.45) is 3.67. The van der Waals surface area contributed by atoms with E-state index in [2.05, 4.69) is 34.6 Å². The van der Waals surface area contributed by atoms with Gasteiger partial charge in [0, 0.05) is 12.1 Å². The predicted octanol–water partition coefficient (Wildman–Crippen LogP) is 1.58. The van der Waals surface area contributed by atoms with Gasteiger partial charge in [0.15, 0.2) is 0 Å². The van der Waals surface area contributed by atoms with Crippen LogP contribution in [0.4, 0.5) is 17.6 Å². The van der Waals surface area contributed by atoms with Crippen LogP contribution in [0.15, 0.2) is 6.07 Å². The van der Waals surface area contributed by atoms with Crippen LogP contribution >= 0.6 is 0 Å². The first-order valence-corrected chi connectivity index (χ1v) is 6.46. The van der Waals surface area contributed by atoms with Gasteiger partial charge in [0.25, 0.3) is 0 Å². The fourth-order valence-electron chi connectivity index (χ4n) is 2.68. The highest BCUT2D eigenvalue weighted by Gasteiger charge is 2.25. The van der Waals surface area contributed by atoms with Crippen LogP contribution in [-0.4, -0.2) is 16.0 Å². The van der Waals surface area contributed by atoms with Crippen molar-refractivity contribution in [2.45, 2.75) is 39.2 Å². The van der Waals surface area contributed by atoms with Crippen molar-refractivity contribution in [3.8, 4) is 0 Å².